The van der Waals surface area contributed by atoms with E-state index in [9.17, 15) is 19.7 Å². The van der Waals surface area contributed by atoms with Gasteiger partial charge in [-0.05, 0) is 61.6 Å². The molecular formula is C30H25N3O5. The monoisotopic (exact) mass is 507 g/mol. The molecule has 0 bridgehead atoms. The van der Waals surface area contributed by atoms with Crippen LogP contribution < -0.4 is 5.32 Å². The van der Waals surface area contributed by atoms with Gasteiger partial charge in [0.15, 0.2) is 6.10 Å². The number of fused-ring (bicyclic) bond motifs is 2. The van der Waals surface area contributed by atoms with Gasteiger partial charge in [0.05, 0.1) is 21.7 Å². The molecule has 1 aromatic heterocycles. The summed E-state index contributed by atoms with van der Waals surface area (Å²) in [5.41, 5.74) is 5.65. The first-order valence-corrected chi connectivity index (χ1v) is 12.3. The fourth-order valence-electron chi connectivity index (χ4n) is 4.62. The number of nitrogens with one attached hydrogen (secondary N) is 1. The van der Waals surface area contributed by atoms with Gasteiger partial charge < -0.3 is 10.1 Å². The normalized spacial score (nSPS) is 14.2. The minimum absolute atomic E-state index is 0.0338. The molecule has 8 heteroatoms. The van der Waals surface area contributed by atoms with E-state index in [1.165, 1.54) is 30.7 Å². The third kappa shape index (κ3) is 4.88. The molecule has 0 spiro atoms. The number of carbonyl (C=O) groups is 2. The van der Waals surface area contributed by atoms with Gasteiger partial charge in [-0.3, -0.25) is 14.9 Å². The fourth-order valence-corrected chi connectivity index (χ4v) is 4.62. The molecule has 1 unspecified atom stereocenters. The molecule has 3 aromatic carbocycles. The van der Waals surface area contributed by atoms with Gasteiger partial charge in [0.25, 0.3) is 11.6 Å². The molecule has 0 radical (unpaired) electrons. The van der Waals surface area contributed by atoms with Crippen molar-refractivity contribution < 1.29 is 19.2 Å². The molecule has 1 N–H and O–H groups in total. The smallest absolute Gasteiger partial charge is 0.339 e. The molecule has 4 aromatic rings. The molecule has 1 amide bonds. The highest BCUT2D eigenvalue weighted by atomic mass is 16.6. The minimum Gasteiger partial charge on any atom is -0.449 e. The van der Waals surface area contributed by atoms with E-state index < -0.39 is 22.9 Å². The van der Waals surface area contributed by atoms with Crippen molar-refractivity contribution in [3.63, 3.8) is 0 Å². The second kappa shape index (κ2) is 10.3. The standard InChI is InChI=1S/C30H25N3O5/c1-18-11-13-20(14-12-18)17-21-15-16-23-27(22-7-3-4-8-24(22)31-28(21)23)30(35)38-19(2)29(34)32-25-9-5-6-10-26(25)33(36)37/h3-14,17,19H,15-16H2,1-2H3,(H,32,34). The molecule has 0 fully saturated rings. The molecule has 1 atom stereocenters. The summed E-state index contributed by atoms with van der Waals surface area (Å²) in [6.07, 6.45) is 2.24. The number of amides is 1. The van der Waals surface area contributed by atoms with Crippen LogP contribution >= 0.6 is 0 Å². The Kier molecular flexibility index (Phi) is 6.70. The molecule has 5 rings (SSSR count). The van der Waals surface area contributed by atoms with E-state index >= 15 is 0 Å². The Morgan fingerprint density at radius 2 is 1.74 bits per heavy atom. The van der Waals surface area contributed by atoms with Crippen LogP contribution in [0.15, 0.2) is 72.8 Å². The number of pyridine rings is 1. The van der Waals surface area contributed by atoms with Gasteiger partial charge >= 0.3 is 5.97 Å². The van der Waals surface area contributed by atoms with Gasteiger partial charge in [0, 0.05) is 11.5 Å². The Morgan fingerprint density at radius 3 is 2.50 bits per heavy atom. The topological polar surface area (TPSA) is 111 Å². The molecule has 1 aliphatic rings. The Labute approximate surface area is 219 Å². The van der Waals surface area contributed by atoms with Gasteiger partial charge in [-0.15, -0.1) is 0 Å². The summed E-state index contributed by atoms with van der Waals surface area (Å²) >= 11 is 0. The van der Waals surface area contributed by atoms with Crippen LogP contribution in [0.1, 0.15) is 46.1 Å². The zero-order valence-electron chi connectivity index (χ0n) is 20.9. The van der Waals surface area contributed by atoms with Crippen LogP contribution in [0.5, 0.6) is 0 Å². The summed E-state index contributed by atoms with van der Waals surface area (Å²) in [7, 11) is 0. The highest BCUT2D eigenvalue weighted by Gasteiger charge is 2.30. The Morgan fingerprint density at radius 1 is 1.03 bits per heavy atom. The largest absolute Gasteiger partial charge is 0.449 e. The molecule has 0 saturated carbocycles. The van der Waals surface area contributed by atoms with Crippen LogP contribution in [-0.4, -0.2) is 27.9 Å². The number of carbonyl (C=O) groups excluding carboxylic acids is 2. The predicted molar refractivity (Wildman–Crippen MR) is 146 cm³/mol. The Hall–Kier alpha value is -4.85. The number of nitro groups is 1. The average molecular weight is 508 g/mol. The van der Waals surface area contributed by atoms with E-state index in [-0.39, 0.29) is 11.4 Å². The maximum Gasteiger partial charge on any atom is 0.339 e. The summed E-state index contributed by atoms with van der Waals surface area (Å²) in [6.45, 7) is 3.48. The van der Waals surface area contributed by atoms with E-state index in [1.807, 2.05) is 43.3 Å². The van der Waals surface area contributed by atoms with Crippen molar-refractivity contribution in [1.82, 2.24) is 4.98 Å². The van der Waals surface area contributed by atoms with Crippen molar-refractivity contribution in [3.05, 3.63) is 111 Å². The number of aromatic nitrogens is 1. The number of aryl methyl sites for hydroxylation is 1. The lowest BCUT2D eigenvalue weighted by Gasteiger charge is -2.16. The second-order valence-electron chi connectivity index (χ2n) is 9.22. The van der Waals surface area contributed by atoms with Crippen molar-refractivity contribution in [1.29, 1.82) is 0 Å². The van der Waals surface area contributed by atoms with E-state index in [2.05, 4.69) is 23.5 Å². The third-order valence-corrected chi connectivity index (χ3v) is 6.58. The maximum absolute atomic E-state index is 13.5. The number of rotatable bonds is 6. The van der Waals surface area contributed by atoms with E-state index in [1.54, 1.807) is 6.07 Å². The lowest BCUT2D eigenvalue weighted by Crippen LogP contribution is -2.30. The van der Waals surface area contributed by atoms with Crippen molar-refractivity contribution in [2.24, 2.45) is 0 Å². The van der Waals surface area contributed by atoms with Crippen LogP contribution in [0.25, 0.3) is 22.6 Å². The van der Waals surface area contributed by atoms with Gasteiger partial charge in [0.1, 0.15) is 5.69 Å². The number of esters is 1. The SMILES string of the molecule is Cc1ccc(C=C2CCc3c2nc2ccccc2c3C(=O)OC(C)C(=O)Nc2ccccc2[N+](=O)[O-])cc1. The first kappa shape index (κ1) is 24.8. The lowest BCUT2D eigenvalue weighted by atomic mass is 10.0. The molecule has 0 aliphatic heterocycles. The van der Waals surface area contributed by atoms with E-state index in [0.29, 0.717) is 22.9 Å². The molecule has 0 saturated heterocycles. The number of hydrogen-bond donors (Lipinski definition) is 1. The van der Waals surface area contributed by atoms with Crippen LogP contribution in [0, 0.1) is 17.0 Å². The molecule has 1 aliphatic carbocycles. The Balaban J connectivity index is 1.45. The van der Waals surface area contributed by atoms with Crippen LogP contribution in [0.4, 0.5) is 11.4 Å². The second-order valence-corrected chi connectivity index (χ2v) is 9.22. The van der Waals surface area contributed by atoms with Crippen LogP contribution in [-0.2, 0) is 16.0 Å². The Bertz CT molecular complexity index is 1610. The van der Waals surface area contributed by atoms with Crippen LogP contribution in [0.3, 0.4) is 0 Å². The molecule has 38 heavy (non-hydrogen) atoms. The summed E-state index contributed by atoms with van der Waals surface area (Å²) in [5, 5.41) is 14.4. The fraction of sp³-hybridized carbons (Fsp3) is 0.167. The quantitative estimate of drug-likeness (QED) is 0.191. The summed E-state index contributed by atoms with van der Waals surface area (Å²) in [5.74, 6) is -1.30. The predicted octanol–water partition coefficient (Wildman–Crippen LogP) is 6.12. The number of benzene rings is 3. The van der Waals surface area contributed by atoms with Gasteiger partial charge in [-0.2, -0.15) is 0 Å². The number of anilines is 1. The third-order valence-electron chi connectivity index (χ3n) is 6.58. The van der Waals surface area contributed by atoms with E-state index in [0.717, 1.165) is 28.8 Å². The van der Waals surface area contributed by atoms with Gasteiger partial charge in [-0.25, -0.2) is 9.78 Å². The zero-order valence-corrected chi connectivity index (χ0v) is 20.9. The van der Waals surface area contributed by atoms with Crippen molar-refractivity contribution >= 4 is 45.8 Å². The van der Waals surface area contributed by atoms with Gasteiger partial charge in [-0.1, -0.05) is 60.2 Å². The highest BCUT2D eigenvalue weighted by molar-refractivity contribution is 6.08. The number of allylic oxidation sites excluding steroid dienone is 1. The average Bonchev–Trinajstić information content (AvgIpc) is 3.30. The minimum atomic E-state index is -1.19. The zero-order chi connectivity index (χ0) is 26.8. The van der Waals surface area contributed by atoms with Crippen LogP contribution in [0.2, 0.25) is 0 Å². The number of ether oxygens (including phenoxy) is 1. The molecule has 1 heterocycles. The maximum atomic E-state index is 13.5. The molecule has 190 valence electrons. The number of nitro benzene ring substituents is 1. The van der Waals surface area contributed by atoms with E-state index in [4.69, 9.17) is 9.72 Å². The molecule has 8 nitrogen and oxygen atoms in total. The highest BCUT2D eigenvalue weighted by Crippen LogP contribution is 2.38. The summed E-state index contributed by atoms with van der Waals surface area (Å²) < 4.78 is 5.60. The summed E-state index contributed by atoms with van der Waals surface area (Å²) in [4.78, 5) is 41.9. The van der Waals surface area contributed by atoms with Crippen molar-refractivity contribution in [3.8, 4) is 0 Å². The number of nitrogens with zero attached hydrogens (tertiary/aromatic N) is 2. The molecular weight excluding hydrogens is 482 g/mol. The van der Waals surface area contributed by atoms with Crippen molar-refractivity contribution in [2.45, 2.75) is 32.8 Å². The van der Waals surface area contributed by atoms with Gasteiger partial charge in [0.2, 0.25) is 0 Å². The number of hydrogen-bond acceptors (Lipinski definition) is 6. The summed E-state index contributed by atoms with van der Waals surface area (Å²) in [6, 6.07) is 21.4. The first-order valence-electron chi connectivity index (χ1n) is 12.3. The number of para-hydroxylation sites is 3. The van der Waals surface area contributed by atoms with Crippen molar-refractivity contribution in [2.75, 3.05) is 5.32 Å². The lowest BCUT2D eigenvalue weighted by molar-refractivity contribution is -0.383. The first-order chi connectivity index (χ1) is 18.3.